The molecule has 2 heterocycles. The third kappa shape index (κ3) is 2.35. The van der Waals surface area contributed by atoms with E-state index in [1.165, 1.54) is 29.8 Å². The van der Waals surface area contributed by atoms with Gasteiger partial charge in [0.25, 0.3) is 0 Å². The second-order valence-electron chi connectivity index (χ2n) is 5.55. The average molecular weight is 285 g/mol. The largest absolute Gasteiger partial charge is 0.326 e. The van der Waals surface area contributed by atoms with E-state index in [0.29, 0.717) is 6.54 Å². The molecule has 2 N–H and O–H groups in total. The highest BCUT2D eigenvalue weighted by Gasteiger charge is 2.20. The number of hydrogen-bond acceptors (Lipinski definition) is 4. The highest BCUT2D eigenvalue weighted by Crippen LogP contribution is 2.26. The molecule has 2 aromatic rings. The minimum Gasteiger partial charge on any atom is -0.326 e. The van der Waals surface area contributed by atoms with E-state index in [-0.39, 0.29) is 0 Å². The molecule has 2 aromatic heterocycles. The molecule has 0 amide bonds. The van der Waals surface area contributed by atoms with Crippen LogP contribution in [0.4, 0.5) is 0 Å². The monoisotopic (exact) mass is 285 g/mol. The van der Waals surface area contributed by atoms with Crippen molar-refractivity contribution in [2.24, 2.45) is 5.73 Å². The van der Waals surface area contributed by atoms with Gasteiger partial charge in [-0.15, -0.1) is 5.10 Å². The van der Waals surface area contributed by atoms with E-state index in [0.717, 1.165) is 42.8 Å². The lowest BCUT2D eigenvalue weighted by Crippen LogP contribution is -2.16. The van der Waals surface area contributed by atoms with E-state index < -0.39 is 0 Å². The predicted molar refractivity (Wildman–Crippen MR) is 82.4 cm³/mol. The Bertz CT molecular complexity index is 644. The van der Waals surface area contributed by atoms with Crippen LogP contribution in [0.3, 0.4) is 0 Å². The zero-order chi connectivity index (χ0) is 14.8. The summed E-state index contributed by atoms with van der Waals surface area (Å²) >= 11 is 0. The lowest BCUT2D eigenvalue weighted by molar-refractivity contribution is 0.650. The van der Waals surface area contributed by atoms with Gasteiger partial charge in [-0.3, -0.25) is 4.57 Å². The number of nitrogens with zero attached hydrogens (tertiary/aromatic N) is 4. The first kappa shape index (κ1) is 14.2. The topological polar surface area (TPSA) is 69.6 Å². The molecule has 1 aliphatic rings. The van der Waals surface area contributed by atoms with Crippen molar-refractivity contribution in [1.29, 1.82) is 0 Å². The molecule has 5 heteroatoms. The van der Waals surface area contributed by atoms with Crippen LogP contribution in [0.5, 0.6) is 0 Å². The zero-order valence-electron chi connectivity index (χ0n) is 12.9. The number of rotatable bonds is 4. The summed E-state index contributed by atoms with van der Waals surface area (Å²) in [6.07, 6.45) is 8.32. The Morgan fingerprint density at radius 1 is 1.10 bits per heavy atom. The zero-order valence-corrected chi connectivity index (χ0v) is 12.9. The summed E-state index contributed by atoms with van der Waals surface area (Å²) in [5.74, 6) is 0.877. The fourth-order valence-corrected chi connectivity index (χ4v) is 3.30. The molecule has 0 atom stereocenters. The quantitative estimate of drug-likeness (QED) is 0.934. The highest BCUT2D eigenvalue weighted by atomic mass is 15.2. The minimum absolute atomic E-state index is 0.494. The van der Waals surface area contributed by atoms with Gasteiger partial charge in [0.2, 0.25) is 0 Å². The molecule has 0 spiro atoms. The summed E-state index contributed by atoms with van der Waals surface area (Å²) in [6, 6.07) is 0. The molecule has 0 unspecified atom stereocenters. The van der Waals surface area contributed by atoms with Gasteiger partial charge in [0.1, 0.15) is 6.33 Å². The van der Waals surface area contributed by atoms with Gasteiger partial charge in [0.15, 0.2) is 5.82 Å². The molecule has 0 fully saturated rings. The first-order chi connectivity index (χ1) is 10.3. The smallest absolute Gasteiger partial charge is 0.165 e. The number of aryl methyl sites for hydroxylation is 2. The fourth-order valence-electron chi connectivity index (χ4n) is 3.30. The van der Waals surface area contributed by atoms with Gasteiger partial charge in [-0.2, -0.15) is 5.10 Å². The Hall–Kier alpha value is -1.75. The Kier molecular flexibility index (Phi) is 4.01. The van der Waals surface area contributed by atoms with Crippen LogP contribution in [-0.2, 0) is 32.2 Å². The van der Waals surface area contributed by atoms with E-state index in [1.54, 1.807) is 0 Å². The molecule has 0 radical (unpaired) electrons. The van der Waals surface area contributed by atoms with E-state index in [9.17, 15) is 0 Å². The van der Waals surface area contributed by atoms with Crippen molar-refractivity contribution in [3.05, 3.63) is 34.5 Å². The van der Waals surface area contributed by atoms with Gasteiger partial charge >= 0.3 is 0 Å². The van der Waals surface area contributed by atoms with Gasteiger partial charge in [0, 0.05) is 17.8 Å². The summed E-state index contributed by atoms with van der Waals surface area (Å²) in [4.78, 5) is 4.56. The Morgan fingerprint density at radius 2 is 1.90 bits per heavy atom. The highest BCUT2D eigenvalue weighted by molar-refractivity contribution is 5.43. The lowest BCUT2D eigenvalue weighted by Gasteiger charge is -2.18. The molecular formula is C16H23N5. The number of fused-ring (bicyclic) bond motifs is 1. The SMILES string of the molecule is CCc1nnc(-n2cnc3c2CCCC3)c(CN)c1CC. The van der Waals surface area contributed by atoms with Crippen molar-refractivity contribution in [3.8, 4) is 5.82 Å². The van der Waals surface area contributed by atoms with E-state index >= 15 is 0 Å². The Morgan fingerprint density at radius 3 is 2.62 bits per heavy atom. The van der Waals surface area contributed by atoms with Crippen LogP contribution in [0.15, 0.2) is 6.33 Å². The van der Waals surface area contributed by atoms with Crippen molar-refractivity contribution < 1.29 is 0 Å². The van der Waals surface area contributed by atoms with E-state index in [2.05, 4.69) is 33.6 Å². The number of nitrogens with two attached hydrogens (primary N) is 1. The van der Waals surface area contributed by atoms with Crippen LogP contribution in [0.1, 0.15) is 54.9 Å². The Labute approximate surface area is 125 Å². The van der Waals surface area contributed by atoms with Gasteiger partial charge in [-0.05, 0) is 44.1 Å². The van der Waals surface area contributed by atoms with Crippen molar-refractivity contribution in [2.75, 3.05) is 0 Å². The second-order valence-corrected chi connectivity index (χ2v) is 5.55. The summed E-state index contributed by atoms with van der Waals surface area (Å²) < 4.78 is 2.11. The third-order valence-electron chi connectivity index (χ3n) is 4.40. The normalized spacial score (nSPS) is 14.2. The molecule has 5 nitrogen and oxygen atoms in total. The maximum absolute atomic E-state index is 6.03. The lowest BCUT2D eigenvalue weighted by atomic mass is 10.00. The molecule has 3 rings (SSSR count). The van der Waals surface area contributed by atoms with Crippen LogP contribution >= 0.6 is 0 Å². The second kappa shape index (κ2) is 5.93. The first-order valence-corrected chi connectivity index (χ1v) is 7.92. The molecular weight excluding hydrogens is 262 g/mol. The molecule has 0 aliphatic heterocycles. The van der Waals surface area contributed by atoms with Crippen molar-refractivity contribution in [1.82, 2.24) is 19.7 Å². The molecule has 21 heavy (non-hydrogen) atoms. The van der Waals surface area contributed by atoms with Crippen LogP contribution in [0.25, 0.3) is 5.82 Å². The molecule has 0 saturated heterocycles. The third-order valence-corrected chi connectivity index (χ3v) is 4.40. The van der Waals surface area contributed by atoms with Crippen molar-refractivity contribution >= 4 is 0 Å². The summed E-state index contributed by atoms with van der Waals surface area (Å²) in [6.45, 7) is 4.76. The molecule has 0 saturated carbocycles. The number of imidazole rings is 1. The maximum atomic E-state index is 6.03. The standard InChI is InChI=1S/C16H23N5/c1-3-11-12(9-17)16(20-19-13(11)4-2)21-10-18-14-7-5-6-8-15(14)21/h10H,3-9,17H2,1-2H3. The number of aromatic nitrogens is 4. The summed E-state index contributed by atoms with van der Waals surface area (Å²) in [5.41, 5.74) is 12.0. The first-order valence-electron chi connectivity index (χ1n) is 7.92. The fraction of sp³-hybridized carbons (Fsp3) is 0.562. The van der Waals surface area contributed by atoms with Crippen LogP contribution in [-0.4, -0.2) is 19.7 Å². The van der Waals surface area contributed by atoms with Gasteiger partial charge in [0.05, 0.1) is 11.4 Å². The van der Waals surface area contributed by atoms with Gasteiger partial charge in [-0.1, -0.05) is 13.8 Å². The van der Waals surface area contributed by atoms with E-state index in [4.69, 9.17) is 5.73 Å². The summed E-state index contributed by atoms with van der Waals surface area (Å²) in [5, 5.41) is 8.90. The van der Waals surface area contributed by atoms with Crippen molar-refractivity contribution in [2.45, 2.75) is 58.9 Å². The Balaban J connectivity index is 2.16. The van der Waals surface area contributed by atoms with E-state index in [1.807, 2.05) is 6.33 Å². The van der Waals surface area contributed by atoms with Gasteiger partial charge in [-0.25, -0.2) is 4.98 Å². The maximum Gasteiger partial charge on any atom is 0.165 e. The van der Waals surface area contributed by atoms with Crippen LogP contribution in [0, 0.1) is 0 Å². The van der Waals surface area contributed by atoms with Crippen LogP contribution < -0.4 is 5.73 Å². The molecule has 0 aromatic carbocycles. The summed E-state index contributed by atoms with van der Waals surface area (Å²) in [7, 11) is 0. The molecule has 0 bridgehead atoms. The van der Waals surface area contributed by atoms with Crippen LogP contribution in [0.2, 0.25) is 0 Å². The average Bonchev–Trinajstić information content (AvgIpc) is 2.97. The minimum atomic E-state index is 0.494. The van der Waals surface area contributed by atoms with Crippen molar-refractivity contribution in [3.63, 3.8) is 0 Å². The van der Waals surface area contributed by atoms with Gasteiger partial charge < -0.3 is 5.73 Å². The molecule has 112 valence electrons. The predicted octanol–water partition coefficient (Wildman–Crippen LogP) is 2.12. The molecule has 1 aliphatic carbocycles. The number of hydrogen-bond donors (Lipinski definition) is 1.